The van der Waals surface area contributed by atoms with Gasteiger partial charge in [-0.15, -0.1) is 0 Å². The number of ether oxygens (including phenoxy) is 1. The van der Waals surface area contributed by atoms with Gasteiger partial charge in [0.2, 0.25) is 10.0 Å². The highest BCUT2D eigenvalue weighted by Crippen LogP contribution is 2.25. The van der Waals surface area contributed by atoms with Gasteiger partial charge in [-0.3, -0.25) is 4.31 Å². The van der Waals surface area contributed by atoms with Gasteiger partial charge < -0.3 is 4.74 Å². The van der Waals surface area contributed by atoms with Crippen molar-refractivity contribution in [2.75, 3.05) is 37.2 Å². The summed E-state index contributed by atoms with van der Waals surface area (Å²) in [5.74, 6) is 0. The Balaban J connectivity index is 1.90. The zero-order valence-electron chi connectivity index (χ0n) is 15.0. The van der Waals surface area contributed by atoms with Crippen LogP contribution in [0.4, 0.5) is 5.69 Å². The van der Waals surface area contributed by atoms with Crippen molar-refractivity contribution in [2.24, 2.45) is 0 Å². The van der Waals surface area contributed by atoms with E-state index in [0.29, 0.717) is 32.0 Å². The first kappa shape index (κ1) is 19.8. The van der Waals surface area contributed by atoms with E-state index in [0.717, 1.165) is 0 Å². The maximum atomic E-state index is 13.0. The third kappa shape index (κ3) is 4.01. The molecule has 0 aliphatic carbocycles. The SMILES string of the molecule is CCN(c1ccccc1)S(=O)(=O)c1ccc(S(=O)(=O)N2CCOCC2)cc1. The van der Waals surface area contributed by atoms with Gasteiger partial charge in [0.1, 0.15) is 0 Å². The molecule has 146 valence electrons. The third-order valence-electron chi connectivity index (χ3n) is 4.35. The fourth-order valence-corrected chi connectivity index (χ4v) is 5.81. The highest BCUT2D eigenvalue weighted by atomic mass is 32.2. The van der Waals surface area contributed by atoms with E-state index < -0.39 is 20.0 Å². The molecule has 0 spiro atoms. The molecule has 0 radical (unpaired) electrons. The standard InChI is InChI=1S/C18H22N2O5S2/c1-2-20(16-6-4-3-5-7-16)27(23,24)18-10-8-17(9-11-18)26(21,22)19-12-14-25-15-13-19/h3-11H,2,12-15H2,1H3. The number of morpholine rings is 1. The molecule has 0 amide bonds. The fourth-order valence-electron chi connectivity index (χ4n) is 2.93. The molecule has 1 fully saturated rings. The van der Waals surface area contributed by atoms with Crippen LogP contribution in [0.25, 0.3) is 0 Å². The van der Waals surface area contributed by atoms with Crippen LogP contribution in [0, 0.1) is 0 Å². The van der Waals surface area contributed by atoms with Crippen molar-refractivity contribution in [3.63, 3.8) is 0 Å². The minimum absolute atomic E-state index is 0.0501. The molecule has 2 aromatic carbocycles. The highest BCUT2D eigenvalue weighted by molar-refractivity contribution is 7.92. The van der Waals surface area contributed by atoms with Crippen LogP contribution in [0.15, 0.2) is 64.4 Å². The van der Waals surface area contributed by atoms with Crippen LogP contribution in [0.1, 0.15) is 6.92 Å². The number of benzene rings is 2. The zero-order chi connectivity index (χ0) is 19.5. The molecule has 1 saturated heterocycles. The minimum Gasteiger partial charge on any atom is -0.379 e. The van der Waals surface area contributed by atoms with Gasteiger partial charge in [-0.05, 0) is 43.3 Å². The van der Waals surface area contributed by atoms with Crippen LogP contribution in [-0.2, 0) is 24.8 Å². The van der Waals surface area contributed by atoms with E-state index in [1.54, 1.807) is 31.2 Å². The summed E-state index contributed by atoms with van der Waals surface area (Å²) in [6, 6.07) is 14.2. The molecule has 0 N–H and O–H groups in total. The van der Waals surface area contributed by atoms with Crippen molar-refractivity contribution in [3.05, 3.63) is 54.6 Å². The Morgan fingerprint density at radius 3 is 2.00 bits per heavy atom. The minimum atomic E-state index is -3.79. The lowest BCUT2D eigenvalue weighted by molar-refractivity contribution is 0.0730. The van der Waals surface area contributed by atoms with Gasteiger partial charge in [0, 0.05) is 19.6 Å². The van der Waals surface area contributed by atoms with Crippen LogP contribution < -0.4 is 4.31 Å². The van der Waals surface area contributed by atoms with Crippen molar-refractivity contribution in [2.45, 2.75) is 16.7 Å². The van der Waals surface area contributed by atoms with Gasteiger partial charge in [-0.25, -0.2) is 16.8 Å². The summed E-state index contributed by atoms with van der Waals surface area (Å²) in [6.07, 6.45) is 0. The average molecular weight is 411 g/mol. The Morgan fingerprint density at radius 2 is 1.44 bits per heavy atom. The number of nitrogens with zero attached hydrogens (tertiary/aromatic N) is 2. The lowest BCUT2D eigenvalue weighted by Crippen LogP contribution is -2.40. The molecular formula is C18H22N2O5S2. The van der Waals surface area contributed by atoms with Gasteiger partial charge in [0.05, 0.1) is 28.7 Å². The molecule has 2 aromatic rings. The Kier molecular flexibility index (Phi) is 5.85. The van der Waals surface area contributed by atoms with E-state index in [1.165, 1.54) is 32.9 Å². The van der Waals surface area contributed by atoms with Crippen LogP contribution in [0.2, 0.25) is 0 Å². The summed E-state index contributed by atoms with van der Waals surface area (Å²) in [4.78, 5) is 0.125. The molecule has 0 unspecified atom stereocenters. The number of rotatable bonds is 6. The van der Waals surface area contributed by atoms with Crippen LogP contribution in [-0.4, -0.2) is 54.0 Å². The summed E-state index contributed by atoms with van der Waals surface area (Å²) >= 11 is 0. The normalized spacial score (nSPS) is 16.2. The molecule has 0 bridgehead atoms. The van der Waals surface area contributed by atoms with Crippen LogP contribution in [0.5, 0.6) is 0 Å². The molecule has 0 aromatic heterocycles. The predicted molar refractivity (Wildman–Crippen MR) is 103 cm³/mol. The number of hydrogen-bond donors (Lipinski definition) is 0. The number of sulfonamides is 2. The lowest BCUT2D eigenvalue weighted by Gasteiger charge is -2.26. The van der Waals surface area contributed by atoms with Gasteiger partial charge in [0.15, 0.2) is 0 Å². The van der Waals surface area contributed by atoms with E-state index in [4.69, 9.17) is 4.74 Å². The Hall–Kier alpha value is -1.94. The smallest absolute Gasteiger partial charge is 0.264 e. The molecule has 1 heterocycles. The summed E-state index contributed by atoms with van der Waals surface area (Å²) in [5, 5.41) is 0. The highest BCUT2D eigenvalue weighted by Gasteiger charge is 2.28. The van der Waals surface area contributed by atoms with E-state index in [-0.39, 0.29) is 16.3 Å². The Morgan fingerprint density at radius 1 is 0.889 bits per heavy atom. The van der Waals surface area contributed by atoms with Gasteiger partial charge in [-0.2, -0.15) is 4.31 Å². The zero-order valence-corrected chi connectivity index (χ0v) is 16.6. The molecular weight excluding hydrogens is 388 g/mol. The van der Waals surface area contributed by atoms with Crippen molar-refractivity contribution in [1.29, 1.82) is 0 Å². The quantitative estimate of drug-likeness (QED) is 0.727. The predicted octanol–water partition coefficient (Wildman–Crippen LogP) is 1.92. The molecule has 9 heteroatoms. The van der Waals surface area contributed by atoms with E-state index >= 15 is 0 Å². The molecule has 0 atom stereocenters. The van der Waals surface area contributed by atoms with Gasteiger partial charge in [-0.1, -0.05) is 18.2 Å². The molecule has 3 rings (SSSR count). The Bertz CT molecular complexity index is 968. The molecule has 0 saturated carbocycles. The number of hydrogen-bond acceptors (Lipinski definition) is 5. The lowest BCUT2D eigenvalue weighted by atomic mass is 10.3. The van der Waals surface area contributed by atoms with Crippen molar-refractivity contribution in [3.8, 4) is 0 Å². The first-order valence-corrected chi connectivity index (χ1v) is 11.5. The largest absolute Gasteiger partial charge is 0.379 e. The van der Waals surface area contributed by atoms with Crippen molar-refractivity contribution in [1.82, 2.24) is 4.31 Å². The molecule has 7 nitrogen and oxygen atoms in total. The van der Waals surface area contributed by atoms with Crippen molar-refractivity contribution >= 4 is 25.7 Å². The van der Waals surface area contributed by atoms with Gasteiger partial charge >= 0.3 is 0 Å². The van der Waals surface area contributed by atoms with E-state index in [1.807, 2.05) is 6.07 Å². The van der Waals surface area contributed by atoms with Crippen molar-refractivity contribution < 1.29 is 21.6 Å². The van der Waals surface area contributed by atoms with Crippen LogP contribution >= 0.6 is 0 Å². The second kappa shape index (κ2) is 7.97. The number of anilines is 1. The first-order chi connectivity index (χ1) is 12.9. The molecule has 1 aliphatic rings. The first-order valence-electron chi connectivity index (χ1n) is 8.63. The topological polar surface area (TPSA) is 84.0 Å². The summed E-state index contributed by atoms with van der Waals surface area (Å²) in [6.45, 7) is 3.31. The number of para-hydroxylation sites is 1. The second-order valence-electron chi connectivity index (χ2n) is 5.99. The van der Waals surface area contributed by atoms with Crippen LogP contribution in [0.3, 0.4) is 0 Å². The maximum Gasteiger partial charge on any atom is 0.264 e. The summed E-state index contributed by atoms with van der Waals surface area (Å²) < 4.78 is 59.1. The average Bonchev–Trinajstić information content (AvgIpc) is 2.70. The summed E-state index contributed by atoms with van der Waals surface area (Å²) in [7, 11) is -7.44. The van der Waals surface area contributed by atoms with Gasteiger partial charge in [0.25, 0.3) is 10.0 Å². The van der Waals surface area contributed by atoms with E-state index in [9.17, 15) is 16.8 Å². The third-order valence-corrected chi connectivity index (χ3v) is 8.18. The van der Waals surface area contributed by atoms with E-state index in [2.05, 4.69) is 0 Å². The Labute approximate surface area is 160 Å². The fraction of sp³-hybridized carbons (Fsp3) is 0.333. The molecule has 27 heavy (non-hydrogen) atoms. The monoisotopic (exact) mass is 410 g/mol. The second-order valence-corrected chi connectivity index (χ2v) is 9.79. The maximum absolute atomic E-state index is 13.0. The molecule has 1 aliphatic heterocycles. The summed E-state index contributed by atoms with van der Waals surface area (Å²) in [5.41, 5.74) is 0.560.